The lowest BCUT2D eigenvalue weighted by atomic mass is 9.81. The standard InChI is InChI=1S/C24H33N3O4S/c1-6-27(7-2)12-9-11-25-23(28)21-16-14-18(30-4)19(31-5)15-17(16)24(29)26(3)22(21)20-10-8-13-32-20/h8,10,13-15,21-22H,6-7,9,11-12H2,1-5H3,(H,25,28)/t21-,22+/m0/s1. The number of ether oxygens (including phenoxy) is 2. The Kier molecular flexibility index (Phi) is 8.15. The third-order valence-corrected chi connectivity index (χ3v) is 7.08. The summed E-state index contributed by atoms with van der Waals surface area (Å²) in [6.07, 6.45) is 0.872. The molecular weight excluding hydrogens is 426 g/mol. The summed E-state index contributed by atoms with van der Waals surface area (Å²) in [6, 6.07) is 7.00. The molecule has 2 atom stereocenters. The summed E-state index contributed by atoms with van der Waals surface area (Å²) in [7, 11) is 4.85. The van der Waals surface area contributed by atoms with Crippen LogP contribution in [0.1, 0.15) is 53.0 Å². The number of nitrogens with zero attached hydrogens (tertiary/aromatic N) is 2. The van der Waals surface area contributed by atoms with E-state index in [1.807, 2.05) is 17.5 Å². The van der Waals surface area contributed by atoms with Crippen molar-refractivity contribution in [2.45, 2.75) is 32.2 Å². The number of carbonyl (C=O) groups excluding carboxylic acids is 2. The number of nitrogens with one attached hydrogen (secondary N) is 1. The number of amides is 2. The molecule has 2 aromatic rings. The largest absolute Gasteiger partial charge is 0.493 e. The summed E-state index contributed by atoms with van der Waals surface area (Å²) in [5.74, 6) is 0.217. The van der Waals surface area contributed by atoms with Crippen LogP contribution in [0.4, 0.5) is 0 Å². The van der Waals surface area contributed by atoms with Crippen molar-refractivity contribution in [3.63, 3.8) is 0 Å². The molecule has 0 saturated heterocycles. The van der Waals surface area contributed by atoms with Gasteiger partial charge < -0.3 is 24.6 Å². The van der Waals surface area contributed by atoms with Gasteiger partial charge >= 0.3 is 0 Å². The Balaban J connectivity index is 1.95. The molecule has 1 aliphatic rings. The predicted molar refractivity (Wildman–Crippen MR) is 127 cm³/mol. The van der Waals surface area contributed by atoms with Crippen molar-refractivity contribution in [1.29, 1.82) is 0 Å². The minimum Gasteiger partial charge on any atom is -0.493 e. The van der Waals surface area contributed by atoms with Gasteiger partial charge in [0.15, 0.2) is 11.5 Å². The lowest BCUT2D eigenvalue weighted by Crippen LogP contribution is -2.45. The summed E-state index contributed by atoms with van der Waals surface area (Å²) >= 11 is 1.55. The number of fused-ring (bicyclic) bond motifs is 1. The van der Waals surface area contributed by atoms with Crippen molar-refractivity contribution in [3.8, 4) is 11.5 Å². The molecule has 1 aliphatic heterocycles. The van der Waals surface area contributed by atoms with Crippen LogP contribution in [-0.4, -0.2) is 69.1 Å². The fraction of sp³-hybridized carbons (Fsp3) is 0.500. The van der Waals surface area contributed by atoms with E-state index >= 15 is 0 Å². The summed E-state index contributed by atoms with van der Waals surface area (Å²) in [5, 5.41) is 5.09. The Morgan fingerprint density at radius 2 is 1.88 bits per heavy atom. The van der Waals surface area contributed by atoms with E-state index in [4.69, 9.17) is 9.47 Å². The lowest BCUT2D eigenvalue weighted by Gasteiger charge is -2.39. The van der Waals surface area contributed by atoms with Gasteiger partial charge in [0.2, 0.25) is 5.91 Å². The molecule has 2 amide bonds. The fourth-order valence-corrected chi connectivity index (χ4v) is 5.22. The van der Waals surface area contributed by atoms with Crippen molar-refractivity contribution in [3.05, 3.63) is 45.6 Å². The molecule has 3 rings (SSSR count). The van der Waals surface area contributed by atoms with Crippen LogP contribution in [-0.2, 0) is 4.79 Å². The molecule has 0 bridgehead atoms. The molecule has 0 fully saturated rings. The van der Waals surface area contributed by atoms with E-state index in [9.17, 15) is 9.59 Å². The van der Waals surface area contributed by atoms with Crippen LogP contribution in [0.15, 0.2) is 29.6 Å². The summed E-state index contributed by atoms with van der Waals surface area (Å²) in [4.78, 5) is 31.8. The highest BCUT2D eigenvalue weighted by molar-refractivity contribution is 7.10. The molecular formula is C24H33N3O4S. The Bertz CT molecular complexity index is 928. The van der Waals surface area contributed by atoms with E-state index in [1.165, 1.54) is 7.11 Å². The van der Waals surface area contributed by atoms with Crippen LogP contribution in [0.3, 0.4) is 0 Å². The Hall–Kier alpha value is -2.58. The molecule has 8 heteroatoms. The Labute approximate surface area is 194 Å². The van der Waals surface area contributed by atoms with Crippen LogP contribution in [0.25, 0.3) is 0 Å². The smallest absolute Gasteiger partial charge is 0.254 e. The SMILES string of the molecule is CCN(CC)CCCNC(=O)[C@H]1c2cc(OC)c(OC)cc2C(=O)N(C)[C@@H]1c1cccs1. The highest BCUT2D eigenvalue weighted by atomic mass is 32.1. The van der Waals surface area contributed by atoms with Gasteiger partial charge in [-0.2, -0.15) is 0 Å². The molecule has 7 nitrogen and oxygen atoms in total. The first-order chi connectivity index (χ1) is 15.5. The van der Waals surface area contributed by atoms with Crippen molar-refractivity contribution in [2.24, 2.45) is 0 Å². The van der Waals surface area contributed by atoms with Crippen molar-refractivity contribution < 1.29 is 19.1 Å². The number of hydrogen-bond donors (Lipinski definition) is 1. The molecule has 0 saturated carbocycles. The quantitative estimate of drug-likeness (QED) is 0.551. The van der Waals surface area contributed by atoms with Gasteiger partial charge in [-0.05, 0) is 55.2 Å². The average molecular weight is 460 g/mol. The highest BCUT2D eigenvalue weighted by Gasteiger charge is 2.43. The van der Waals surface area contributed by atoms with Crippen LogP contribution < -0.4 is 14.8 Å². The number of methoxy groups -OCH3 is 2. The maximum Gasteiger partial charge on any atom is 0.254 e. The summed E-state index contributed by atoms with van der Waals surface area (Å²) in [5.41, 5.74) is 1.15. The molecule has 1 aromatic carbocycles. The van der Waals surface area contributed by atoms with E-state index in [0.29, 0.717) is 29.2 Å². The van der Waals surface area contributed by atoms with Crippen molar-refractivity contribution in [2.75, 3.05) is 47.4 Å². The van der Waals surface area contributed by atoms with E-state index in [2.05, 4.69) is 24.1 Å². The predicted octanol–water partition coefficient (Wildman–Crippen LogP) is 3.52. The molecule has 0 radical (unpaired) electrons. The van der Waals surface area contributed by atoms with Gasteiger partial charge in [0, 0.05) is 24.0 Å². The highest BCUT2D eigenvalue weighted by Crippen LogP contribution is 2.46. The van der Waals surface area contributed by atoms with E-state index in [0.717, 1.165) is 30.9 Å². The molecule has 174 valence electrons. The Morgan fingerprint density at radius 3 is 2.47 bits per heavy atom. The molecule has 0 aliphatic carbocycles. The van der Waals surface area contributed by atoms with Gasteiger partial charge in [-0.1, -0.05) is 19.9 Å². The maximum absolute atomic E-state index is 13.5. The first-order valence-electron chi connectivity index (χ1n) is 11.0. The molecule has 1 aromatic heterocycles. The average Bonchev–Trinajstić information content (AvgIpc) is 3.34. The van der Waals surface area contributed by atoms with Crippen LogP contribution in [0, 0.1) is 0 Å². The zero-order valence-electron chi connectivity index (χ0n) is 19.5. The summed E-state index contributed by atoms with van der Waals surface area (Å²) < 4.78 is 10.9. The second-order valence-electron chi connectivity index (χ2n) is 7.82. The van der Waals surface area contributed by atoms with Gasteiger partial charge in [-0.25, -0.2) is 0 Å². The zero-order valence-corrected chi connectivity index (χ0v) is 20.3. The van der Waals surface area contributed by atoms with Crippen molar-refractivity contribution >= 4 is 23.2 Å². The topological polar surface area (TPSA) is 71.1 Å². The van der Waals surface area contributed by atoms with Gasteiger partial charge in [0.1, 0.15) is 0 Å². The van der Waals surface area contributed by atoms with Gasteiger partial charge in [-0.3, -0.25) is 9.59 Å². The molecule has 1 N–H and O–H groups in total. The number of thiophene rings is 1. The summed E-state index contributed by atoms with van der Waals surface area (Å²) in [6.45, 7) is 7.79. The van der Waals surface area contributed by atoms with E-state index < -0.39 is 5.92 Å². The van der Waals surface area contributed by atoms with Gasteiger partial charge in [0.25, 0.3) is 5.91 Å². The third kappa shape index (κ3) is 4.76. The second-order valence-corrected chi connectivity index (χ2v) is 8.80. The van der Waals surface area contributed by atoms with Gasteiger partial charge in [-0.15, -0.1) is 11.3 Å². The minimum absolute atomic E-state index is 0.0873. The number of carbonyl (C=O) groups is 2. The minimum atomic E-state index is -0.542. The van der Waals surface area contributed by atoms with Gasteiger partial charge in [0.05, 0.1) is 26.2 Å². The fourth-order valence-electron chi connectivity index (χ4n) is 4.31. The lowest BCUT2D eigenvalue weighted by molar-refractivity contribution is -0.124. The van der Waals surface area contributed by atoms with E-state index in [-0.39, 0.29) is 17.9 Å². The second kappa shape index (κ2) is 10.8. The molecule has 32 heavy (non-hydrogen) atoms. The number of rotatable bonds is 10. The normalized spacial score (nSPS) is 17.9. The Morgan fingerprint density at radius 1 is 1.19 bits per heavy atom. The third-order valence-electron chi connectivity index (χ3n) is 6.14. The first kappa shape index (κ1) is 24.1. The monoisotopic (exact) mass is 459 g/mol. The molecule has 0 unspecified atom stereocenters. The van der Waals surface area contributed by atoms with Crippen molar-refractivity contribution in [1.82, 2.24) is 15.1 Å². The number of benzene rings is 1. The zero-order chi connectivity index (χ0) is 23.3. The van der Waals surface area contributed by atoms with E-state index in [1.54, 1.807) is 42.5 Å². The first-order valence-corrected chi connectivity index (χ1v) is 11.9. The maximum atomic E-state index is 13.5. The van der Waals surface area contributed by atoms with Crippen LogP contribution >= 0.6 is 11.3 Å². The molecule has 2 heterocycles. The van der Waals surface area contributed by atoms with Crippen LogP contribution in [0.5, 0.6) is 11.5 Å². The number of likely N-dealkylation sites (N-methyl/N-ethyl adjacent to an activating group) is 1. The van der Waals surface area contributed by atoms with Crippen LogP contribution in [0.2, 0.25) is 0 Å². The number of hydrogen-bond acceptors (Lipinski definition) is 6. The molecule has 0 spiro atoms.